The van der Waals surface area contributed by atoms with Crippen LogP contribution in [0.2, 0.25) is 0 Å². The normalized spacial score (nSPS) is 9.85. The number of urea groups is 1. The van der Waals surface area contributed by atoms with E-state index >= 15 is 0 Å². The van der Waals surface area contributed by atoms with Crippen LogP contribution in [-0.4, -0.2) is 16.9 Å². The molecule has 6 nitrogen and oxygen atoms in total. The number of nitrogens with one attached hydrogen (secondary N) is 2. The lowest BCUT2D eigenvalue weighted by Crippen LogP contribution is -2.19. The van der Waals surface area contributed by atoms with Crippen LogP contribution < -0.4 is 16.4 Å². The van der Waals surface area contributed by atoms with Gasteiger partial charge in [-0.25, -0.2) is 9.78 Å². The van der Waals surface area contributed by atoms with Crippen LogP contribution in [0.15, 0.2) is 42.6 Å². The Morgan fingerprint density at radius 2 is 1.80 bits per heavy atom. The number of nitrogens with two attached hydrogens (primary N) is 1. The van der Waals surface area contributed by atoms with Gasteiger partial charge < -0.3 is 16.4 Å². The van der Waals surface area contributed by atoms with Gasteiger partial charge in [0.2, 0.25) is 5.95 Å². The number of amides is 3. The topological polar surface area (TPSA) is 97.1 Å². The minimum Gasteiger partial charge on any atom is -0.351 e. The Morgan fingerprint density at radius 1 is 1.10 bits per heavy atom. The molecule has 1 aromatic carbocycles. The molecule has 0 fully saturated rings. The molecule has 0 unspecified atom stereocenters. The van der Waals surface area contributed by atoms with Gasteiger partial charge in [0.05, 0.1) is 0 Å². The number of rotatable bonds is 3. The summed E-state index contributed by atoms with van der Waals surface area (Å²) in [5.41, 5.74) is 6.03. The van der Waals surface area contributed by atoms with E-state index in [4.69, 9.17) is 5.73 Å². The molecule has 20 heavy (non-hydrogen) atoms. The monoisotopic (exact) mass is 274 g/mol. The number of anilines is 2. The number of hydrogen-bond acceptors (Lipinski definition) is 3. The largest absolute Gasteiger partial charge is 0.351 e. The molecular weight excluding hydrogens is 263 g/mol. The van der Waals surface area contributed by atoms with Gasteiger partial charge in [0.1, 0.15) is 0 Å². The average Bonchev–Trinajstić information content (AvgIpc) is 2.38. The Balaban J connectivity index is 2.13. The number of halogens is 1. The Labute approximate surface area is 113 Å². The molecule has 2 aromatic rings. The van der Waals surface area contributed by atoms with Gasteiger partial charge in [-0.15, -0.1) is 0 Å². The first kappa shape index (κ1) is 13.5. The van der Waals surface area contributed by atoms with Crippen LogP contribution >= 0.6 is 0 Å². The zero-order valence-electron chi connectivity index (χ0n) is 10.3. The highest BCUT2D eigenvalue weighted by Crippen LogP contribution is 2.16. The summed E-state index contributed by atoms with van der Waals surface area (Å²) in [7, 11) is 0. The molecule has 0 bridgehead atoms. The van der Waals surface area contributed by atoms with E-state index in [1.165, 1.54) is 18.3 Å². The highest BCUT2D eigenvalue weighted by Gasteiger charge is 2.08. The van der Waals surface area contributed by atoms with E-state index in [0.29, 0.717) is 11.4 Å². The van der Waals surface area contributed by atoms with Gasteiger partial charge in [0, 0.05) is 29.2 Å². The van der Waals surface area contributed by atoms with E-state index in [1.54, 1.807) is 18.2 Å². The number of aromatic nitrogens is 1. The van der Waals surface area contributed by atoms with Crippen molar-refractivity contribution in [3.05, 3.63) is 54.1 Å². The summed E-state index contributed by atoms with van der Waals surface area (Å²) in [5, 5.41) is 4.96. The molecule has 0 spiro atoms. The first-order valence-corrected chi connectivity index (χ1v) is 5.64. The fourth-order valence-electron chi connectivity index (χ4n) is 1.56. The number of benzene rings is 1. The molecule has 0 atom stereocenters. The van der Waals surface area contributed by atoms with Gasteiger partial charge in [-0.3, -0.25) is 4.79 Å². The molecule has 0 aliphatic carbocycles. The van der Waals surface area contributed by atoms with Crippen molar-refractivity contribution in [1.82, 2.24) is 4.98 Å². The molecular formula is C13H11FN4O2. The van der Waals surface area contributed by atoms with Crippen LogP contribution in [0.25, 0.3) is 0 Å². The highest BCUT2D eigenvalue weighted by molar-refractivity contribution is 6.04. The summed E-state index contributed by atoms with van der Waals surface area (Å²) in [6.07, 6.45) is 1.20. The van der Waals surface area contributed by atoms with Crippen molar-refractivity contribution < 1.29 is 14.0 Å². The van der Waals surface area contributed by atoms with Crippen molar-refractivity contribution in [1.29, 1.82) is 0 Å². The molecule has 0 aliphatic heterocycles. The molecule has 3 amide bonds. The van der Waals surface area contributed by atoms with E-state index in [2.05, 4.69) is 15.6 Å². The van der Waals surface area contributed by atoms with E-state index < -0.39 is 17.9 Å². The summed E-state index contributed by atoms with van der Waals surface area (Å²) in [6.45, 7) is 0. The first-order valence-electron chi connectivity index (χ1n) is 5.64. The Kier molecular flexibility index (Phi) is 3.90. The van der Waals surface area contributed by atoms with Crippen molar-refractivity contribution in [3.8, 4) is 0 Å². The molecule has 1 aromatic heterocycles. The number of carbonyl (C=O) groups is 2. The summed E-state index contributed by atoms with van der Waals surface area (Å²) in [5.74, 6) is -1.22. The molecule has 7 heteroatoms. The lowest BCUT2D eigenvalue weighted by Gasteiger charge is -2.07. The third-order valence-corrected chi connectivity index (χ3v) is 2.38. The second-order valence-electron chi connectivity index (χ2n) is 3.89. The molecule has 0 aliphatic rings. The zero-order chi connectivity index (χ0) is 14.5. The van der Waals surface area contributed by atoms with Crippen LogP contribution in [0.4, 0.5) is 20.6 Å². The minimum absolute atomic E-state index is 0.144. The molecule has 102 valence electrons. The van der Waals surface area contributed by atoms with Crippen molar-refractivity contribution in [2.45, 2.75) is 0 Å². The maximum absolute atomic E-state index is 12.9. The van der Waals surface area contributed by atoms with Crippen LogP contribution in [0.1, 0.15) is 10.4 Å². The maximum Gasteiger partial charge on any atom is 0.316 e. The molecule has 2 rings (SSSR count). The van der Waals surface area contributed by atoms with Crippen molar-refractivity contribution in [2.24, 2.45) is 5.73 Å². The number of primary amides is 1. The quantitative estimate of drug-likeness (QED) is 0.746. The summed E-state index contributed by atoms with van der Waals surface area (Å²) in [4.78, 5) is 26.0. The van der Waals surface area contributed by atoms with Crippen LogP contribution in [0.3, 0.4) is 0 Å². The lowest BCUT2D eigenvalue weighted by molar-refractivity contribution is 0.102. The predicted molar refractivity (Wildman–Crippen MR) is 71.8 cm³/mol. The first-order chi connectivity index (χ1) is 9.54. The van der Waals surface area contributed by atoms with E-state index in [1.807, 2.05) is 0 Å². The second kappa shape index (κ2) is 5.79. The van der Waals surface area contributed by atoms with Crippen LogP contribution in [-0.2, 0) is 0 Å². The van der Waals surface area contributed by atoms with Gasteiger partial charge >= 0.3 is 6.03 Å². The van der Waals surface area contributed by atoms with Crippen LogP contribution in [0.5, 0.6) is 0 Å². The Bertz CT molecular complexity index is 660. The third kappa shape index (κ3) is 3.52. The predicted octanol–water partition coefficient (Wildman–Crippen LogP) is 1.96. The standard InChI is InChI=1S/C13H11FN4O2/c14-11-6-8(4-5-16-11)12(19)17-9-2-1-3-10(7-9)18-13(15)20/h1-7H,(H,17,19)(H3,15,18,20). The SMILES string of the molecule is NC(=O)Nc1cccc(NC(=O)c2ccnc(F)c2)c1. The Hall–Kier alpha value is -2.96. The summed E-state index contributed by atoms with van der Waals surface area (Å²) < 4.78 is 12.9. The highest BCUT2D eigenvalue weighted by atomic mass is 19.1. The summed E-state index contributed by atoms with van der Waals surface area (Å²) >= 11 is 0. The molecule has 0 radical (unpaired) electrons. The molecule has 0 saturated carbocycles. The van der Waals surface area contributed by atoms with E-state index in [9.17, 15) is 14.0 Å². The number of carbonyl (C=O) groups excluding carboxylic acids is 2. The third-order valence-electron chi connectivity index (χ3n) is 2.38. The Morgan fingerprint density at radius 3 is 2.45 bits per heavy atom. The second-order valence-corrected chi connectivity index (χ2v) is 3.89. The fourth-order valence-corrected chi connectivity index (χ4v) is 1.56. The van der Waals surface area contributed by atoms with E-state index in [0.717, 1.165) is 6.07 Å². The number of hydrogen-bond donors (Lipinski definition) is 3. The van der Waals surface area contributed by atoms with Crippen molar-refractivity contribution in [3.63, 3.8) is 0 Å². The molecule has 0 saturated heterocycles. The fraction of sp³-hybridized carbons (Fsp3) is 0. The smallest absolute Gasteiger partial charge is 0.316 e. The van der Waals surface area contributed by atoms with Gasteiger partial charge in [-0.1, -0.05) is 6.07 Å². The van der Waals surface area contributed by atoms with Crippen molar-refractivity contribution in [2.75, 3.05) is 10.6 Å². The maximum atomic E-state index is 12.9. The average molecular weight is 274 g/mol. The van der Waals surface area contributed by atoms with Crippen molar-refractivity contribution >= 4 is 23.3 Å². The molecule has 1 heterocycles. The lowest BCUT2D eigenvalue weighted by atomic mass is 10.2. The van der Waals surface area contributed by atoms with Crippen LogP contribution in [0, 0.1) is 5.95 Å². The zero-order valence-corrected chi connectivity index (χ0v) is 10.3. The van der Waals surface area contributed by atoms with E-state index in [-0.39, 0.29) is 5.56 Å². The van der Waals surface area contributed by atoms with Gasteiger partial charge in [-0.2, -0.15) is 4.39 Å². The minimum atomic E-state index is -0.734. The van der Waals surface area contributed by atoms with Gasteiger partial charge in [-0.05, 0) is 24.3 Å². The molecule has 4 N–H and O–H groups in total. The summed E-state index contributed by atoms with van der Waals surface area (Å²) in [6, 6.07) is 8.12. The number of nitrogens with zero attached hydrogens (tertiary/aromatic N) is 1. The van der Waals surface area contributed by atoms with Gasteiger partial charge in [0.15, 0.2) is 0 Å². The number of pyridine rings is 1. The van der Waals surface area contributed by atoms with Gasteiger partial charge in [0.25, 0.3) is 5.91 Å².